The second kappa shape index (κ2) is 6.52. The summed E-state index contributed by atoms with van der Waals surface area (Å²) in [5.74, 6) is -0.557. The molecule has 2 amide bonds. The fourth-order valence-corrected chi connectivity index (χ4v) is 2.09. The third kappa shape index (κ3) is 3.31. The Morgan fingerprint density at radius 2 is 1.89 bits per heavy atom. The summed E-state index contributed by atoms with van der Waals surface area (Å²) < 4.78 is 0. The second-order valence-corrected chi connectivity index (χ2v) is 4.28. The molecule has 1 aromatic carbocycles. The summed E-state index contributed by atoms with van der Waals surface area (Å²) in [7, 11) is 0. The fourth-order valence-electron chi connectivity index (χ4n) is 2.09. The van der Waals surface area contributed by atoms with Crippen molar-refractivity contribution < 1.29 is 9.59 Å². The van der Waals surface area contributed by atoms with E-state index < -0.39 is 0 Å². The van der Waals surface area contributed by atoms with Crippen LogP contribution in [0.5, 0.6) is 0 Å². The average molecular weight is 269 g/mol. The molecular weight excluding hydrogens is 252 g/mol. The molecule has 0 aromatic heterocycles. The van der Waals surface area contributed by atoms with Gasteiger partial charge in [0.15, 0.2) is 0 Å². The summed E-state index contributed by atoms with van der Waals surface area (Å²) in [6, 6.07) is 7.88. The number of benzene rings is 1. The first-order chi connectivity index (χ1) is 8.20. The number of hydrogen-bond acceptors (Lipinski definition) is 3. The highest BCUT2D eigenvalue weighted by molar-refractivity contribution is 6.00. The number of hydrogen-bond donors (Lipinski definition) is 2. The number of piperidine rings is 1. The minimum absolute atomic E-state index is 0. The predicted octanol–water partition coefficient (Wildman–Crippen LogP) is 1.13. The third-order valence-corrected chi connectivity index (χ3v) is 3.05. The largest absolute Gasteiger partial charge is 0.330 e. The lowest BCUT2D eigenvalue weighted by Crippen LogP contribution is -2.39. The van der Waals surface area contributed by atoms with Crippen LogP contribution in [0.4, 0.5) is 0 Å². The first kappa shape index (κ1) is 14.7. The highest BCUT2D eigenvalue weighted by Crippen LogP contribution is 2.24. The zero-order valence-corrected chi connectivity index (χ0v) is 10.8. The number of nitrogens with two attached hydrogens (primary N) is 1. The second-order valence-electron chi connectivity index (χ2n) is 4.28. The van der Waals surface area contributed by atoms with Crippen molar-refractivity contribution in [2.75, 3.05) is 6.54 Å². The van der Waals surface area contributed by atoms with Crippen molar-refractivity contribution in [2.24, 2.45) is 5.73 Å². The molecule has 0 aliphatic carbocycles. The van der Waals surface area contributed by atoms with Crippen molar-refractivity contribution in [1.82, 2.24) is 5.32 Å². The molecule has 1 aromatic rings. The van der Waals surface area contributed by atoms with Crippen LogP contribution in [0.25, 0.3) is 0 Å². The van der Waals surface area contributed by atoms with Gasteiger partial charge in [0.1, 0.15) is 0 Å². The van der Waals surface area contributed by atoms with Gasteiger partial charge in [-0.25, -0.2) is 0 Å². The van der Waals surface area contributed by atoms with Crippen molar-refractivity contribution in [3.8, 4) is 0 Å². The normalized spacial score (nSPS) is 19.1. The lowest BCUT2D eigenvalue weighted by molar-refractivity contribution is -0.134. The maximum Gasteiger partial charge on any atom is 0.234 e. The van der Waals surface area contributed by atoms with Gasteiger partial charge in [0.25, 0.3) is 0 Å². The molecule has 3 N–H and O–H groups in total. The van der Waals surface area contributed by atoms with Crippen LogP contribution < -0.4 is 11.1 Å². The summed E-state index contributed by atoms with van der Waals surface area (Å²) >= 11 is 0. The molecule has 1 saturated heterocycles. The number of imide groups is 1. The van der Waals surface area contributed by atoms with Gasteiger partial charge in [-0.3, -0.25) is 14.9 Å². The molecule has 0 spiro atoms. The van der Waals surface area contributed by atoms with Crippen LogP contribution in [-0.4, -0.2) is 18.4 Å². The fraction of sp³-hybridized carbons (Fsp3) is 0.385. The summed E-state index contributed by atoms with van der Waals surface area (Å²) in [5, 5.41) is 2.37. The Bertz CT molecular complexity index is 431. The van der Waals surface area contributed by atoms with Crippen LogP contribution in [0.1, 0.15) is 29.9 Å². The van der Waals surface area contributed by atoms with E-state index in [2.05, 4.69) is 5.32 Å². The molecule has 98 valence electrons. The van der Waals surface area contributed by atoms with Crippen molar-refractivity contribution in [3.63, 3.8) is 0 Å². The maximum atomic E-state index is 11.7. The summed E-state index contributed by atoms with van der Waals surface area (Å²) in [6.45, 7) is 0.623. The molecule has 18 heavy (non-hydrogen) atoms. The summed E-state index contributed by atoms with van der Waals surface area (Å²) in [6.07, 6.45) is 1.86. The first-order valence-electron chi connectivity index (χ1n) is 5.83. The van der Waals surface area contributed by atoms with Gasteiger partial charge in [0.05, 0.1) is 5.92 Å². The molecule has 0 bridgehead atoms. The molecule has 1 aliphatic rings. The minimum atomic E-state index is -0.195. The van der Waals surface area contributed by atoms with E-state index >= 15 is 0 Å². The Balaban J connectivity index is 0.00000162. The van der Waals surface area contributed by atoms with Crippen LogP contribution in [0.15, 0.2) is 24.3 Å². The molecule has 0 saturated carbocycles. The standard InChI is InChI=1S/C13H16N2O2.ClH/c14-8-7-9-1-3-10(4-2-9)11-5-6-12(16)15-13(11)17;/h1-4,11H,5-8,14H2,(H,15,16,17);1H. The Morgan fingerprint density at radius 1 is 1.22 bits per heavy atom. The number of carbonyl (C=O) groups is 2. The highest BCUT2D eigenvalue weighted by Gasteiger charge is 2.27. The zero-order chi connectivity index (χ0) is 12.3. The van der Waals surface area contributed by atoms with E-state index in [0.29, 0.717) is 19.4 Å². The van der Waals surface area contributed by atoms with E-state index in [1.807, 2.05) is 24.3 Å². The molecule has 1 unspecified atom stereocenters. The van der Waals surface area contributed by atoms with Gasteiger partial charge in [-0.05, 0) is 30.5 Å². The number of amides is 2. The molecule has 1 fully saturated rings. The zero-order valence-electron chi connectivity index (χ0n) is 10.0. The molecular formula is C13H17ClN2O2. The van der Waals surface area contributed by atoms with Crippen LogP contribution in [-0.2, 0) is 16.0 Å². The topological polar surface area (TPSA) is 72.2 Å². The van der Waals surface area contributed by atoms with E-state index in [1.165, 1.54) is 5.56 Å². The number of nitrogens with one attached hydrogen (secondary N) is 1. The highest BCUT2D eigenvalue weighted by atomic mass is 35.5. The van der Waals surface area contributed by atoms with Crippen molar-refractivity contribution >= 4 is 24.2 Å². The molecule has 4 nitrogen and oxygen atoms in total. The van der Waals surface area contributed by atoms with Crippen molar-refractivity contribution in [2.45, 2.75) is 25.2 Å². The lowest BCUT2D eigenvalue weighted by atomic mass is 9.90. The Labute approximate surface area is 112 Å². The quantitative estimate of drug-likeness (QED) is 0.807. The molecule has 1 aliphatic heterocycles. The van der Waals surface area contributed by atoms with Crippen LogP contribution in [0, 0.1) is 0 Å². The van der Waals surface area contributed by atoms with Gasteiger partial charge >= 0.3 is 0 Å². The van der Waals surface area contributed by atoms with Gasteiger partial charge in [0.2, 0.25) is 11.8 Å². The molecule has 2 rings (SSSR count). The average Bonchev–Trinajstić information content (AvgIpc) is 2.31. The van der Waals surface area contributed by atoms with Crippen LogP contribution in [0.3, 0.4) is 0 Å². The smallest absolute Gasteiger partial charge is 0.234 e. The first-order valence-corrected chi connectivity index (χ1v) is 5.83. The van der Waals surface area contributed by atoms with Gasteiger partial charge in [-0.2, -0.15) is 0 Å². The van der Waals surface area contributed by atoms with Crippen molar-refractivity contribution in [3.05, 3.63) is 35.4 Å². The summed E-state index contributed by atoms with van der Waals surface area (Å²) in [4.78, 5) is 22.7. The number of halogens is 1. The van der Waals surface area contributed by atoms with Crippen molar-refractivity contribution in [1.29, 1.82) is 0 Å². The van der Waals surface area contributed by atoms with Crippen LogP contribution in [0.2, 0.25) is 0 Å². The van der Waals surface area contributed by atoms with E-state index in [9.17, 15) is 9.59 Å². The molecule has 1 atom stereocenters. The van der Waals surface area contributed by atoms with E-state index in [0.717, 1.165) is 12.0 Å². The van der Waals surface area contributed by atoms with Crippen LogP contribution >= 0.6 is 12.4 Å². The Hall–Kier alpha value is -1.39. The predicted molar refractivity (Wildman–Crippen MR) is 71.6 cm³/mol. The van der Waals surface area contributed by atoms with E-state index in [4.69, 9.17) is 5.73 Å². The molecule has 1 heterocycles. The Kier molecular flexibility index (Phi) is 5.31. The third-order valence-electron chi connectivity index (χ3n) is 3.05. The Morgan fingerprint density at radius 3 is 2.44 bits per heavy atom. The van der Waals surface area contributed by atoms with E-state index in [1.54, 1.807) is 0 Å². The van der Waals surface area contributed by atoms with Gasteiger partial charge in [0, 0.05) is 6.42 Å². The number of rotatable bonds is 3. The SMILES string of the molecule is Cl.NCCc1ccc(C2CCC(=O)NC2=O)cc1. The van der Waals surface area contributed by atoms with Gasteiger partial charge in [-0.1, -0.05) is 24.3 Å². The van der Waals surface area contributed by atoms with Gasteiger partial charge < -0.3 is 5.73 Å². The van der Waals surface area contributed by atoms with E-state index in [-0.39, 0.29) is 30.1 Å². The van der Waals surface area contributed by atoms with Gasteiger partial charge in [-0.15, -0.1) is 12.4 Å². The monoisotopic (exact) mass is 268 g/mol. The summed E-state index contributed by atoms with van der Waals surface area (Å²) in [5.41, 5.74) is 7.62. The number of carbonyl (C=O) groups excluding carboxylic acids is 2. The lowest BCUT2D eigenvalue weighted by Gasteiger charge is -2.21. The minimum Gasteiger partial charge on any atom is -0.330 e. The maximum absolute atomic E-state index is 11.7. The molecule has 5 heteroatoms. The molecule has 0 radical (unpaired) electrons.